The third-order valence-corrected chi connectivity index (χ3v) is 4.24. The van der Waals surface area contributed by atoms with Gasteiger partial charge in [0.15, 0.2) is 0 Å². The topological polar surface area (TPSA) is 38.5 Å². The van der Waals surface area contributed by atoms with Crippen LogP contribution in [-0.4, -0.2) is 37.2 Å². The average Bonchev–Trinajstić information content (AvgIpc) is 2.74. The van der Waals surface area contributed by atoms with Gasteiger partial charge in [-0.05, 0) is 45.0 Å². The maximum Gasteiger partial charge on any atom is 0.122 e. The van der Waals surface area contributed by atoms with Crippen LogP contribution in [0.25, 0.3) is 0 Å². The number of para-hydroxylation sites is 1. The van der Waals surface area contributed by atoms with E-state index >= 15 is 0 Å². The number of benzene rings is 1. The maximum atomic E-state index is 5.97. The van der Waals surface area contributed by atoms with Gasteiger partial charge >= 0.3 is 0 Å². The summed E-state index contributed by atoms with van der Waals surface area (Å²) >= 11 is 0. The number of aryl methyl sites for hydroxylation is 1. The van der Waals surface area contributed by atoms with Crippen molar-refractivity contribution < 1.29 is 4.74 Å². The van der Waals surface area contributed by atoms with Gasteiger partial charge < -0.3 is 10.5 Å². The van der Waals surface area contributed by atoms with Gasteiger partial charge in [-0.1, -0.05) is 18.2 Å². The van der Waals surface area contributed by atoms with Crippen molar-refractivity contribution in [1.29, 1.82) is 0 Å². The molecule has 1 aliphatic rings. The zero-order chi connectivity index (χ0) is 13.0. The average molecular weight is 248 g/mol. The van der Waals surface area contributed by atoms with Crippen molar-refractivity contribution in [2.24, 2.45) is 5.73 Å². The summed E-state index contributed by atoms with van der Waals surface area (Å²) < 4.78 is 5.89. The number of ether oxygens (including phenoxy) is 1. The Balaban J connectivity index is 1.90. The van der Waals surface area contributed by atoms with E-state index in [0.29, 0.717) is 0 Å². The highest BCUT2D eigenvalue weighted by molar-refractivity contribution is 5.31. The fourth-order valence-electron chi connectivity index (χ4n) is 2.82. The van der Waals surface area contributed by atoms with Crippen LogP contribution in [0.15, 0.2) is 24.3 Å². The van der Waals surface area contributed by atoms with Crippen LogP contribution in [0.2, 0.25) is 0 Å². The molecule has 3 heteroatoms. The van der Waals surface area contributed by atoms with Crippen LogP contribution < -0.4 is 10.5 Å². The first-order valence-electron chi connectivity index (χ1n) is 6.78. The summed E-state index contributed by atoms with van der Waals surface area (Å²) in [6.07, 6.45) is 3.45. The SMILES string of the molecule is Cc1ccccc1OCCC1(CN)CCCN1C. The van der Waals surface area contributed by atoms with Crippen LogP contribution in [0.4, 0.5) is 0 Å². The van der Waals surface area contributed by atoms with E-state index in [9.17, 15) is 0 Å². The van der Waals surface area contributed by atoms with Crippen molar-refractivity contribution in [3.8, 4) is 5.75 Å². The van der Waals surface area contributed by atoms with Gasteiger partial charge in [0.1, 0.15) is 5.75 Å². The lowest BCUT2D eigenvalue weighted by molar-refractivity contribution is 0.139. The molecule has 1 unspecified atom stereocenters. The Morgan fingerprint density at radius 3 is 2.78 bits per heavy atom. The number of hydrogen-bond donors (Lipinski definition) is 1. The summed E-state index contributed by atoms with van der Waals surface area (Å²) in [5, 5.41) is 0. The molecule has 0 aliphatic carbocycles. The monoisotopic (exact) mass is 248 g/mol. The maximum absolute atomic E-state index is 5.97. The van der Waals surface area contributed by atoms with E-state index in [1.54, 1.807) is 0 Å². The summed E-state index contributed by atoms with van der Waals surface area (Å²) in [7, 11) is 2.17. The highest BCUT2D eigenvalue weighted by Gasteiger charge is 2.36. The van der Waals surface area contributed by atoms with Crippen molar-refractivity contribution in [3.05, 3.63) is 29.8 Å². The standard InChI is InChI=1S/C15H24N2O/c1-13-6-3-4-7-14(13)18-11-9-15(12-16)8-5-10-17(15)2/h3-4,6-7H,5,8-12,16H2,1-2H3. The third kappa shape index (κ3) is 2.68. The largest absolute Gasteiger partial charge is 0.493 e. The molecule has 0 aromatic heterocycles. The van der Waals surface area contributed by atoms with Gasteiger partial charge in [0.25, 0.3) is 0 Å². The van der Waals surface area contributed by atoms with E-state index in [4.69, 9.17) is 10.5 Å². The van der Waals surface area contributed by atoms with Crippen LogP contribution in [0.1, 0.15) is 24.8 Å². The molecule has 2 rings (SSSR count). The predicted molar refractivity (Wildman–Crippen MR) is 74.9 cm³/mol. The molecule has 3 nitrogen and oxygen atoms in total. The molecule has 0 amide bonds. The minimum Gasteiger partial charge on any atom is -0.493 e. The highest BCUT2D eigenvalue weighted by atomic mass is 16.5. The molecular formula is C15H24N2O. The molecule has 0 radical (unpaired) electrons. The summed E-state index contributed by atoms with van der Waals surface area (Å²) in [6.45, 7) is 4.70. The number of likely N-dealkylation sites (N-methyl/N-ethyl adjacent to an activating group) is 1. The normalized spacial score (nSPS) is 24.4. The molecule has 1 fully saturated rings. The Hall–Kier alpha value is -1.06. The zero-order valence-electron chi connectivity index (χ0n) is 11.5. The third-order valence-electron chi connectivity index (χ3n) is 4.24. The minimum absolute atomic E-state index is 0.155. The van der Waals surface area contributed by atoms with E-state index in [0.717, 1.165) is 31.9 Å². The van der Waals surface area contributed by atoms with Crippen LogP contribution in [0.5, 0.6) is 5.75 Å². The second kappa shape index (κ2) is 5.72. The van der Waals surface area contributed by atoms with Gasteiger partial charge in [-0.25, -0.2) is 0 Å². The first-order valence-corrected chi connectivity index (χ1v) is 6.78. The second-order valence-corrected chi connectivity index (χ2v) is 5.32. The van der Waals surface area contributed by atoms with Crippen molar-refractivity contribution in [3.63, 3.8) is 0 Å². The fourth-order valence-corrected chi connectivity index (χ4v) is 2.82. The van der Waals surface area contributed by atoms with Crippen molar-refractivity contribution >= 4 is 0 Å². The van der Waals surface area contributed by atoms with Gasteiger partial charge in [0.05, 0.1) is 6.61 Å². The zero-order valence-corrected chi connectivity index (χ0v) is 11.5. The van der Waals surface area contributed by atoms with E-state index < -0.39 is 0 Å². The Morgan fingerprint density at radius 1 is 1.39 bits per heavy atom. The van der Waals surface area contributed by atoms with Gasteiger partial charge in [-0.2, -0.15) is 0 Å². The Kier molecular flexibility index (Phi) is 4.25. The summed E-state index contributed by atoms with van der Waals surface area (Å²) in [6, 6.07) is 8.16. The van der Waals surface area contributed by atoms with Crippen LogP contribution >= 0.6 is 0 Å². The number of nitrogens with two attached hydrogens (primary N) is 1. The number of rotatable bonds is 5. The molecule has 0 spiro atoms. The molecule has 18 heavy (non-hydrogen) atoms. The first-order chi connectivity index (χ1) is 8.68. The van der Waals surface area contributed by atoms with Crippen LogP contribution in [-0.2, 0) is 0 Å². The quantitative estimate of drug-likeness (QED) is 0.868. The molecule has 0 bridgehead atoms. The van der Waals surface area contributed by atoms with Gasteiger partial charge in [0.2, 0.25) is 0 Å². The Labute approximate surface area is 110 Å². The molecule has 1 heterocycles. The van der Waals surface area contributed by atoms with Gasteiger partial charge in [-0.15, -0.1) is 0 Å². The van der Waals surface area contributed by atoms with E-state index in [2.05, 4.69) is 24.9 Å². The molecule has 1 aromatic carbocycles. The summed E-state index contributed by atoms with van der Waals surface area (Å²) in [4.78, 5) is 2.40. The van der Waals surface area contributed by atoms with Gasteiger partial charge in [0, 0.05) is 18.5 Å². The predicted octanol–water partition coefficient (Wildman–Crippen LogP) is 2.19. The summed E-state index contributed by atoms with van der Waals surface area (Å²) in [5.74, 6) is 0.991. The molecular weight excluding hydrogens is 224 g/mol. The Bertz CT molecular complexity index is 394. The van der Waals surface area contributed by atoms with Crippen molar-refractivity contribution in [2.45, 2.75) is 31.7 Å². The van der Waals surface area contributed by atoms with Crippen molar-refractivity contribution in [2.75, 3.05) is 26.7 Å². The van der Waals surface area contributed by atoms with E-state index in [1.807, 2.05) is 18.2 Å². The lowest BCUT2D eigenvalue weighted by Crippen LogP contribution is -2.48. The van der Waals surface area contributed by atoms with Crippen LogP contribution in [0, 0.1) is 6.92 Å². The van der Waals surface area contributed by atoms with Crippen molar-refractivity contribution in [1.82, 2.24) is 4.90 Å². The molecule has 2 N–H and O–H groups in total. The lowest BCUT2D eigenvalue weighted by atomic mass is 9.93. The Morgan fingerprint density at radius 2 is 2.17 bits per heavy atom. The number of likely N-dealkylation sites (tertiary alicyclic amines) is 1. The summed E-state index contributed by atoms with van der Waals surface area (Å²) in [5.41, 5.74) is 7.32. The fraction of sp³-hybridized carbons (Fsp3) is 0.600. The number of hydrogen-bond acceptors (Lipinski definition) is 3. The molecule has 1 aromatic rings. The minimum atomic E-state index is 0.155. The highest BCUT2D eigenvalue weighted by Crippen LogP contribution is 2.30. The van der Waals surface area contributed by atoms with E-state index in [1.165, 1.54) is 18.4 Å². The lowest BCUT2D eigenvalue weighted by Gasteiger charge is -2.35. The first kappa shape index (κ1) is 13.4. The molecule has 0 saturated carbocycles. The van der Waals surface area contributed by atoms with Crippen LogP contribution in [0.3, 0.4) is 0 Å². The molecule has 1 saturated heterocycles. The smallest absolute Gasteiger partial charge is 0.122 e. The van der Waals surface area contributed by atoms with E-state index in [-0.39, 0.29) is 5.54 Å². The number of nitrogens with zero attached hydrogens (tertiary/aromatic N) is 1. The molecule has 1 atom stereocenters. The molecule has 100 valence electrons. The van der Waals surface area contributed by atoms with Gasteiger partial charge in [-0.3, -0.25) is 4.90 Å². The molecule has 1 aliphatic heterocycles. The second-order valence-electron chi connectivity index (χ2n) is 5.32.